The number of thiophene rings is 1. The van der Waals surface area contributed by atoms with E-state index in [4.69, 9.17) is 0 Å². The number of fused-ring (bicyclic) bond motifs is 1. The first-order valence-electron chi connectivity index (χ1n) is 8.52. The highest BCUT2D eigenvalue weighted by atomic mass is 32.1. The number of nitrogens with one attached hydrogen (secondary N) is 1. The first-order chi connectivity index (χ1) is 11.3. The quantitative estimate of drug-likeness (QED) is 0.867. The van der Waals surface area contributed by atoms with E-state index < -0.39 is 0 Å². The molecule has 0 bridgehead atoms. The fourth-order valence-corrected chi connectivity index (χ4v) is 4.29. The van der Waals surface area contributed by atoms with Crippen LogP contribution in [0.4, 0.5) is 10.6 Å². The molecular formula is C18H26N4OS. The summed E-state index contributed by atoms with van der Waals surface area (Å²) in [6.07, 6.45) is 1.86. The molecule has 0 spiro atoms. The molecule has 2 amide bonds. The molecule has 2 aromatic heterocycles. The minimum Gasteiger partial charge on any atom is -0.317 e. The van der Waals surface area contributed by atoms with E-state index in [0.29, 0.717) is 0 Å². The topological polar surface area (TPSA) is 50.2 Å². The van der Waals surface area contributed by atoms with Gasteiger partial charge < -0.3 is 4.90 Å². The van der Waals surface area contributed by atoms with Crippen molar-refractivity contribution in [2.45, 2.75) is 59.0 Å². The zero-order valence-corrected chi connectivity index (χ0v) is 15.9. The van der Waals surface area contributed by atoms with E-state index in [2.05, 4.69) is 49.6 Å². The molecule has 24 heavy (non-hydrogen) atoms. The van der Waals surface area contributed by atoms with Crippen LogP contribution in [-0.4, -0.2) is 27.3 Å². The van der Waals surface area contributed by atoms with Gasteiger partial charge in [-0.2, -0.15) is 5.10 Å². The molecular weight excluding hydrogens is 320 g/mol. The number of anilines is 1. The van der Waals surface area contributed by atoms with Crippen LogP contribution >= 0.6 is 11.3 Å². The van der Waals surface area contributed by atoms with Crippen LogP contribution in [0, 0.1) is 6.92 Å². The Labute approximate surface area is 147 Å². The number of rotatable bonds is 2. The molecule has 0 radical (unpaired) electrons. The van der Waals surface area contributed by atoms with Crippen LogP contribution in [0.3, 0.4) is 0 Å². The van der Waals surface area contributed by atoms with Gasteiger partial charge in [-0.1, -0.05) is 6.92 Å². The van der Waals surface area contributed by atoms with E-state index in [0.717, 1.165) is 30.9 Å². The lowest BCUT2D eigenvalue weighted by atomic mass is 9.98. The number of aromatic nitrogens is 2. The van der Waals surface area contributed by atoms with Crippen LogP contribution in [0.25, 0.3) is 0 Å². The summed E-state index contributed by atoms with van der Waals surface area (Å²) in [6.45, 7) is 11.1. The molecule has 130 valence electrons. The van der Waals surface area contributed by atoms with E-state index in [1.54, 1.807) is 11.3 Å². The smallest absolute Gasteiger partial charge is 0.317 e. The lowest BCUT2D eigenvalue weighted by Gasteiger charge is -2.35. The summed E-state index contributed by atoms with van der Waals surface area (Å²) in [7, 11) is 0. The average Bonchev–Trinajstić information content (AvgIpc) is 3.11. The third kappa shape index (κ3) is 3.07. The summed E-state index contributed by atoms with van der Waals surface area (Å²) in [6, 6.07) is 4.22. The Hall–Kier alpha value is -1.82. The molecule has 0 fully saturated rings. The molecule has 0 aliphatic carbocycles. The van der Waals surface area contributed by atoms with Crippen molar-refractivity contribution in [3.05, 3.63) is 33.6 Å². The highest BCUT2D eigenvalue weighted by Gasteiger charge is 2.31. The Bertz CT molecular complexity index is 741. The number of urea groups is 1. The monoisotopic (exact) mass is 346 g/mol. The van der Waals surface area contributed by atoms with Crippen molar-refractivity contribution in [1.29, 1.82) is 0 Å². The molecule has 1 atom stereocenters. The highest BCUT2D eigenvalue weighted by molar-refractivity contribution is 7.10. The molecule has 1 N–H and O–H groups in total. The SMILES string of the molecule is CC[C@H]1c2ccsc2CCN1C(=O)Nc1cc(C)nn1C(C)(C)C. The van der Waals surface area contributed by atoms with Gasteiger partial charge in [0.15, 0.2) is 0 Å². The van der Waals surface area contributed by atoms with Crippen molar-refractivity contribution < 1.29 is 4.79 Å². The Morgan fingerprint density at radius 2 is 2.21 bits per heavy atom. The van der Waals surface area contributed by atoms with Crippen molar-refractivity contribution in [2.75, 3.05) is 11.9 Å². The zero-order chi connectivity index (χ0) is 17.5. The van der Waals surface area contributed by atoms with E-state index >= 15 is 0 Å². The maximum atomic E-state index is 12.9. The predicted octanol–water partition coefficient (Wildman–Crippen LogP) is 4.55. The van der Waals surface area contributed by atoms with Gasteiger partial charge in [-0.05, 0) is 57.5 Å². The van der Waals surface area contributed by atoms with Gasteiger partial charge in [0, 0.05) is 17.5 Å². The molecule has 1 aliphatic heterocycles. The number of hydrogen-bond acceptors (Lipinski definition) is 3. The summed E-state index contributed by atoms with van der Waals surface area (Å²) < 4.78 is 1.89. The van der Waals surface area contributed by atoms with Crippen molar-refractivity contribution in [3.63, 3.8) is 0 Å². The number of carbonyl (C=O) groups excluding carboxylic acids is 1. The normalized spacial score (nSPS) is 17.7. The van der Waals surface area contributed by atoms with Crippen molar-refractivity contribution in [3.8, 4) is 0 Å². The van der Waals surface area contributed by atoms with E-state index in [9.17, 15) is 4.79 Å². The third-order valence-electron chi connectivity index (χ3n) is 4.44. The first kappa shape index (κ1) is 17.0. The van der Waals surface area contributed by atoms with Gasteiger partial charge in [0.05, 0.1) is 17.3 Å². The minimum absolute atomic E-state index is 0.0379. The standard InChI is InChI=1S/C18H26N4OS/c1-6-14-13-8-10-24-15(13)7-9-21(14)17(23)19-16-11-12(2)20-22(16)18(3,4)5/h8,10-11,14H,6-7,9H2,1-5H3,(H,19,23)/t14-/m0/s1. The largest absolute Gasteiger partial charge is 0.323 e. The Kier molecular flexibility index (Phi) is 4.42. The molecule has 0 unspecified atom stereocenters. The molecule has 0 aromatic carbocycles. The molecule has 0 saturated carbocycles. The number of hydrogen-bond donors (Lipinski definition) is 1. The number of nitrogens with zero attached hydrogens (tertiary/aromatic N) is 3. The minimum atomic E-state index is -0.177. The van der Waals surface area contributed by atoms with Gasteiger partial charge in [-0.3, -0.25) is 5.32 Å². The molecule has 2 aromatic rings. The van der Waals surface area contributed by atoms with Crippen molar-refractivity contribution >= 4 is 23.2 Å². The van der Waals surface area contributed by atoms with E-state index in [1.807, 2.05) is 22.6 Å². The van der Waals surface area contributed by atoms with Crippen LogP contribution in [-0.2, 0) is 12.0 Å². The average molecular weight is 347 g/mol. The maximum Gasteiger partial charge on any atom is 0.323 e. The van der Waals surface area contributed by atoms with Crippen LogP contribution in [0.15, 0.2) is 17.5 Å². The molecule has 3 rings (SSSR count). The predicted molar refractivity (Wildman–Crippen MR) is 98.7 cm³/mol. The van der Waals surface area contributed by atoms with E-state index in [-0.39, 0.29) is 17.6 Å². The molecule has 0 saturated heterocycles. The molecule has 3 heterocycles. The second-order valence-electron chi connectivity index (χ2n) is 7.35. The molecule has 1 aliphatic rings. The van der Waals surface area contributed by atoms with Crippen molar-refractivity contribution in [2.24, 2.45) is 0 Å². The summed E-state index contributed by atoms with van der Waals surface area (Å²) >= 11 is 1.80. The highest BCUT2D eigenvalue weighted by Crippen LogP contribution is 2.35. The van der Waals surface area contributed by atoms with Gasteiger partial charge in [0.1, 0.15) is 5.82 Å². The number of carbonyl (C=O) groups is 1. The molecule has 6 heteroatoms. The van der Waals surface area contributed by atoms with Gasteiger partial charge in [0.25, 0.3) is 0 Å². The fraction of sp³-hybridized carbons (Fsp3) is 0.556. The third-order valence-corrected chi connectivity index (χ3v) is 5.44. The number of aryl methyl sites for hydroxylation is 1. The Balaban J connectivity index is 1.84. The summed E-state index contributed by atoms with van der Waals surface area (Å²) in [4.78, 5) is 16.3. The van der Waals surface area contributed by atoms with Gasteiger partial charge in [0.2, 0.25) is 0 Å². The second kappa shape index (κ2) is 6.24. The van der Waals surface area contributed by atoms with Crippen LogP contribution in [0.5, 0.6) is 0 Å². The summed E-state index contributed by atoms with van der Waals surface area (Å²) in [5, 5.41) is 9.75. The van der Waals surface area contributed by atoms with E-state index in [1.165, 1.54) is 10.4 Å². The summed E-state index contributed by atoms with van der Waals surface area (Å²) in [5.74, 6) is 0.760. The summed E-state index contributed by atoms with van der Waals surface area (Å²) in [5.41, 5.74) is 2.04. The Morgan fingerprint density at radius 1 is 1.46 bits per heavy atom. The lowest BCUT2D eigenvalue weighted by molar-refractivity contribution is 0.181. The maximum absolute atomic E-state index is 12.9. The van der Waals surface area contributed by atoms with Gasteiger partial charge in [-0.25, -0.2) is 9.48 Å². The fourth-order valence-electron chi connectivity index (χ4n) is 3.36. The zero-order valence-electron chi connectivity index (χ0n) is 15.1. The van der Waals surface area contributed by atoms with Crippen LogP contribution in [0.2, 0.25) is 0 Å². The van der Waals surface area contributed by atoms with Gasteiger partial charge >= 0.3 is 6.03 Å². The first-order valence-corrected chi connectivity index (χ1v) is 9.40. The van der Waals surface area contributed by atoms with Crippen LogP contribution < -0.4 is 5.32 Å². The van der Waals surface area contributed by atoms with Gasteiger partial charge in [-0.15, -0.1) is 11.3 Å². The molecule has 5 nitrogen and oxygen atoms in total. The Morgan fingerprint density at radius 3 is 2.88 bits per heavy atom. The second-order valence-corrected chi connectivity index (χ2v) is 8.35. The number of amides is 2. The van der Waals surface area contributed by atoms with Crippen molar-refractivity contribution in [1.82, 2.24) is 14.7 Å². The lowest BCUT2D eigenvalue weighted by Crippen LogP contribution is -2.42. The van der Waals surface area contributed by atoms with Crippen LogP contribution in [0.1, 0.15) is 56.3 Å².